The maximum atomic E-state index is 13.0. The van der Waals surface area contributed by atoms with Gasteiger partial charge in [-0.25, -0.2) is 4.39 Å². The van der Waals surface area contributed by atoms with Gasteiger partial charge in [-0.3, -0.25) is 4.98 Å². The van der Waals surface area contributed by atoms with E-state index in [1.165, 1.54) is 12.1 Å². The molecule has 0 bridgehead atoms. The van der Waals surface area contributed by atoms with E-state index in [2.05, 4.69) is 20.9 Å². The van der Waals surface area contributed by atoms with Crippen LogP contribution in [-0.2, 0) is 6.42 Å². The van der Waals surface area contributed by atoms with Crippen LogP contribution in [0.25, 0.3) is 0 Å². The molecule has 0 spiro atoms. The van der Waals surface area contributed by atoms with Gasteiger partial charge in [0.1, 0.15) is 17.3 Å². The van der Waals surface area contributed by atoms with Crippen LogP contribution in [0.2, 0.25) is 0 Å². The number of pyridine rings is 1. The minimum atomic E-state index is -0.315. The fourth-order valence-electron chi connectivity index (χ4n) is 1.76. The number of hydrogen-bond donors (Lipinski definition) is 1. The third-order valence-electron chi connectivity index (χ3n) is 2.91. The van der Waals surface area contributed by atoms with Crippen LogP contribution in [0.1, 0.15) is 18.9 Å². The molecule has 5 heteroatoms. The van der Waals surface area contributed by atoms with Crippen LogP contribution in [0.3, 0.4) is 0 Å². The summed E-state index contributed by atoms with van der Waals surface area (Å²) in [7, 11) is 0. The molecule has 0 aliphatic rings. The highest BCUT2D eigenvalue weighted by Crippen LogP contribution is 2.30. The molecule has 0 saturated carbocycles. The lowest BCUT2D eigenvalue weighted by atomic mass is 10.1. The van der Waals surface area contributed by atoms with Crippen molar-refractivity contribution in [3.8, 4) is 11.5 Å². The van der Waals surface area contributed by atoms with Gasteiger partial charge < -0.3 is 10.5 Å². The topological polar surface area (TPSA) is 48.1 Å². The molecule has 0 radical (unpaired) electrons. The van der Waals surface area contributed by atoms with E-state index in [1.54, 1.807) is 18.5 Å². The lowest BCUT2D eigenvalue weighted by Crippen LogP contribution is -2.21. The summed E-state index contributed by atoms with van der Waals surface area (Å²) in [6, 6.07) is 6.30. The zero-order valence-electron chi connectivity index (χ0n) is 11.1. The molecule has 3 nitrogen and oxygen atoms in total. The van der Waals surface area contributed by atoms with Gasteiger partial charge in [0, 0.05) is 12.2 Å². The number of nitrogens with zero attached hydrogens (tertiary/aromatic N) is 1. The van der Waals surface area contributed by atoms with Gasteiger partial charge in [-0.05, 0) is 58.6 Å². The summed E-state index contributed by atoms with van der Waals surface area (Å²) in [6.07, 6.45) is 5.07. The summed E-state index contributed by atoms with van der Waals surface area (Å²) >= 11 is 3.27. The van der Waals surface area contributed by atoms with E-state index in [1.807, 2.05) is 13.0 Å². The SMILES string of the molecule is CCC(N)Cc1cncc(Oc2ccc(F)cc2Br)c1. The maximum Gasteiger partial charge on any atom is 0.146 e. The van der Waals surface area contributed by atoms with Gasteiger partial charge in [0.15, 0.2) is 0 Å². The van der Waals surface area contributed by atoms with E-state index in [-0.39, 0.29) is 11.9 Å². The molecule has 1 unspecified atom stereocenters. The Morgan fingerprint density at radius 3 is 2.85 bits per heavy atom. The second-order valence-electron chi connectivity index (χ2n) is 4.58. The van der Waals surface area contributed by atoms with Crippen LogP contribution in [0.5, 0.6) is 11.5 Å². The largest absolute Gasteiger partial charge is 0.455 e. The first kappa shape index (κ1) is 14.9. The normalized spacial score (nSPS) is 12.2. The van der Waals surface area contributed by atoms with Crippen LogP contribution in [0.4, 0.5) is 4.39 Å². The molecule has 0 amide bonds. The number of halogens is 2. The predicted octanol–water partition coefficient (Wildman–Crippen LogP) is 4.06. The summed E-state index contributed by atoms with van der Waals surface area (Å²) < 4.78 is 19.3. The molecule has 1 atom stereocenters. The standard InChI is InChI=1S/C15H16BrFN2O/c1-2-12(18)5-10-6-13(9-19-8-10)20-15-4-3-11(17)7-14(15)16/h3-4,6-9,12H,2,5,18H2,1H3. The Labute approximate surface area is 126 Å². The van der Waals surface area contributed by atoms with E-state index in [9.17, 15) is 4.39 Å². The summed E-state index contributed by atoms with van der Waals surface area (Å²) in [6.45, 7) is 2.05. The Kier molecular flexibility index (Phi) is 5.09. The Balaban J connectivity index is 2.15. The van der Waals surface area contributed by atoms with Gasteiger partial charge >= 0.3 is 0 Å². The zero-order chi connectivity index (χ0) is 14.5. The second kappa shape index (κ2) is 6.81. The average Bonchev–Trinajstić information content (AvgIpc) is 2.42. The number of benzene rings is 1. The third kappa shape index (κ3) is 4.02. The van der Waals surface area contributed by atoms with Gasteiger partial charge in [0.05, 0.1) is 10.7 Å². The van der Waals surface area contributed by atoms with Gasteiger partial charge in [0.25, 0.3) is 0 Å². The summed E-state index contributed by atoms with van der Waals surface area (Å²) in [5.74, 6) is 0.841. The van der Waals surface area contributed by atoms with Crippen LogP contribution in [0.15, 0.2) is 41.1 Å². The molecule has 0 aliphatic carbocycles. The highest BCUT2D eigenvalue weighted by Gasteiger charge is 2.07. The van der Waals surface area contributed by atoms with Crippen molar-refractivity contribution in [3.63, 3.8) is 0 Å². The average molecular weight is 339 g/mol. The first-order chi connectivity index (χ1) is 9.58. The van der Waals surface area contributed by atoms with Crippen molar-refractivity contribution < 1.29 is 9.13 Å². The Hall–Kier alpha value is -1.46. The summed E-state index contributed by atoms with van der Waals surface area (Å²) in [5.41, 5.74) is 6.95. The fraction of sp³-hybridized carbons (Fsp3) is 0.267. The highest BCUT2D eigenvalue weighted by molar-refractivity contribution is 9.10. The number of ether oxygens (including phenoxy) is 1. The van der Waals surface area contributed by atoms with E-state index in [4.69, 9.17) is 10.5 Å². The van der Waals surface area contributed by atoms with Gasteiger partial charge in [-0.1, -0.05) is 6.92 Å². The number of nitrogens with two attached hydrogens (primary N) is 1. The minimum Gasteiger partial charge on any atom is -0.455 e. The van der Waals surface area contributed by atoms with Gasteiger partial charge in [-0.15, -0.1) is 0 Å². The molecule has 0 fully saturated rings. The molecule has 1 heterocycles. The van der Waals surface area contributed by atoms with Crippen LogP contribution in [-0.4, -0.2) is 11.0 Å². The highest BCUT2D eigenvalue weighted by atomic mass is 79.9. The molecule has 1 aromatic heterocycles. The lowest BCUT2D eigenvalue weighted by Gasteiger charge is -2.11. The Morgan fingerprint density at radius 2 is 2.15 bits per heavy atom. The Morgan fingerprint density at radius 1 is 1.35 bits per heavy atom. The molecule has 2 rings (SSSR count). The maximum absolute atomic E-state index is 13.0. The van der Waals surface area contributed by atoms with Crippen molar-refractivity contribution in [2.24, 2.45) is 5.73 Å². The first-order valence-corrected chi connectivity index (χ1v) is 7.20. The molecule has 20 heavy (non-hydrogen) atoms. The monoisotopic (exact) mass is 338 g/mol. The van der Waals surface area contributed by atoms with Crippen molar-refractivity contribution in [3.05, 3.63) is 52.5 Å². The Bertz CT molecular complexity index is 592. The molecule has 0 saturated heterocycles. The molecule has 106 valence electrons. The van der Waals surface area contributed by atoms with Gasteiger partial charge in [-0.2, -0.15) is 0 Å². The second-order valence-corrected chi connectivity index (χ2v) is 5.43. The third-order valence-corrected chi connectivity index (χ3v) is 3.53. The van der Waals surface area contributed by atoms with Gasteiger partial charge in [0.2, 0.25) is 0 Å². The van der Waals surface area contributed by atoms with Crippen molar-refractivity contribution in [1.82, 2.24) is 4.98 Å². The van der Waals surface area contributed by atoms with Crippen LogP contribution in [0, 0.1) is 5.82 Å². The van der Waals surface area contributed by atoms with Crippen molar-refractivity contribution in [2.45, 2.75) is 25.8 Å². The van der Waals surface area contributed by atoms with Crippen molar-refractivity contribution in [2.75, 3.05) is 0 Å². The van der Waals surface area contributed by atoms with Crippen LogP contribution < -0.4 is 10.5 Å². The van der Waals surface area contributed by atoms with E-state index >= 15 is 0 Å². The van der Waals surface area contributed by atoms with E-state index in [0.29, 0.717) is 16.0 Å². The number of rotatable bonds is 5. The lowest BCUT2D eigenvalue weighted by molar-refractivity contribution is 0.473. The number of hydrogen-bond acceptors (Lipinski definition) is 3. The van der Waals surface area contributed by atoms with Crippen molar-refractivity contribution in [1.29, 1.82) is 0 Å². The molecular weight excluding hydrogens is 323 g/mol. The van der Waals surface area contributed by atoms with E-state index in [0.717, 1.165) is 18.4 Å². The molecular formula is C15H16BrFN2O. The minimum absolute atomic E-state index is 0.115. The first-order valence-electron chi connectivity index (χ1n) is 6.41. The van der Waals surface area contributed by atoms with E-state index < -0.39 is 0 Å². The van der Waals surface area contributed by atoms with Crippen LogP contribution >= 0.6 is 15.9 Å². The predicted molar refractivity (Wildman–Crippen MR) is 80.4 cm³/mol. The van der Waals surface area contributed by atoms with Crippen molar-refractivity contribution >= 4 is 15.9 Å². The number of aromatic nitrogens is 1. The quantitative estimate of drug-likeness (QED) is 0.894. The zero-order valence-corrected chi connectivity index (χ0v) is 12.7. The molecule has 1 aromatic carbocycles. The molecule has 2 N–H and O–H groups in total. The smallest absolute Gasteiger partial charge is 0.146 e. The summed E-state index contributed by atoms with van der Waals surface area (Å²) in [4.78, 5) is 4.15. The molecule has 2 aromatic rings. The molecule has 0 aliphatic heterocycles. The summed E-state index contributed by atoms with van der Waals surface area (Å²) in [5, 5.41) is 0. The fourth-order valence-corrected chi connectivity index (χ4v) is 2.19.